The summed E-state index contributed by atoms with van der Waals surface area (Å²) in [6.07, 6.45) is 0.411. The zero-order valence-corrected chi connectivity index (χ0v) is 14.0. The maximum Gasteiger partial charge on any atom is 0.327 e. The number of carbonyl (C=O) groups is 1. The number of benzene rings is 2. The Hall–Kier alpha value is -2.73. The zero-order valence-electron chi connectivity index (χ0n) is 13.2. The third-order valence-electron chi connectivity index (χ3n) is 4.50. The van der Waals surface area contributed by atoms with Gasteiger partial charge in [0, 0.05) is 23.8 Å². The summed E-state index contributed by atoms with van der Waals surface area (Å²) < 4.78 is 1.18. The molecule has 2 heterocycles. The van der Waals surface area contributed by atoms with Gasteiger partial charge < -0.3 is 10.2 Å². The number of fused-ring (bicyclic) bond motifs is 2. The molecule has 25 heavy (non-hydrogen) atoms. The van der Waals surface area contributed by atoms with Crippen LogP contribution in [0.15, 0.2) is 58.4 Å². The lowest BCUT2D eigenvalue weighted by molar-refractivity contribution is -0.140. The van der Waals surface area contributed by atoms with Crippen molar-refractivity contribution in [3.8, 4) is 5.75 Å². The number of aromatic nitrogens is 1. The summed E-state index contributed by atoms with van der Waals surface area (Å²) in [5.41, 5.74) is 1.14. The van der Waals surface area contributed by atoms with Crippen LogP contribution in [0, 0.1) is 0 Å². The minimum absolute atomic E-state index is 0.00119. The molecular weight excluding hydrogens is 338 g/mol. The van der Waals surface area contributed by atoms with Crippen molar-refractivity contribution in [2.45, 2.75) is 17.5 Å². The Kier molecular flexibility index (Phi) is 3.77. The second-order valence-electron chi connectivity index (χ2n) is 6.01. The number of hydrogen-bond donors (Lipinski definition) is 2. The standard InChI is InChI=1S/C19H15NO4S/c21-16-9-13(17(22)18-20(16)15(10-25-18)19(23)24)8-12-6-3-5-11-4-1-2-7-14(11)12/h1-7,9,15,22H,8,10H2,(H,23,24). The Morgan fingerprint density at radius 3 is 2.72 bits per heavy atom. The van der Waals surface area contributed by atoms with Crippen LogP contribution in [0.4, 0.5) is 0 Å². The second-order valence-corrected chi connectivity index (χ2v) is 7.02. The smallest absolute Gasteiger partial charge is 0.327 e. The molecule has 5 nitrogen and oxygen atoms in total. The van der Waals surface area contributed by atoms with Gasteiger partial charge in [0.2, 0.25) is 0 Å². The molecule has 2 N–H and O–H groups in total. The molecule has 1 unspecified atom stereocenters. The van der Waals surface area contributed by atoms with E-state index >= 15 is 0 Å². The van der Waals surface area contributed by atoms with E-state index in [4.69, 9.17) is 0 Å². The fraction of sp³-hybridized carbons (Fsp3) is 0.158. The predicted octanol–water partition coefficient (Wildman–Crippen LogP) is 3.03. The normalized spacial score (nSPS) is 16.1. The molecule has 3 aromatic rings. The molecule has 0 saturated carbocycles. The largest absolute Gasteiger partial charge is 0.505 e. The molecule has 0 amide bonds. The summed E-state index contributed by atoms with van der Waals surface area (Å²) >= 11 is 1.21. The number of thioether (sulfide) groups is 1. The van der Waals surface area contributed by atoms with Crippen molar-refractivity contribution < 1.29 is 15.0 Å². The highest BCUT2D eigenvalue weighted by atomic mass is 32.2. The third kappa shape index (κ3) is 2.59. The molecule has 0 spiro atoms. The van der Waals surface area contributed by atoms with Crippen LogP contribution in [0.25, 0.3) is 10.8 Å². The zero-order chi connectivity index (χ0) is 17.6. The van der Waals surface area contributed by atoms with Crippen LogP contribution in [-0.2, 0) is 11.2 Å². The van der Waals surface area contributed by atoms with Crippen LogP contribution in [0.5, 0.6) is 5.75 Å². The van der Waals surface area contributed by atoms with Crippen molar-refractivity contribution in [2.24, 2.45) is 0 Å². The molecular formula is C19H15NO4S. The van der Waals surface area contributed by atoms with Gasteiger partial charge in [-0.05, 0) is 16.3 Å². The van der Waals surface area contributed by atoms with E-state index in [1.165, 1.54) is 22.4 Å². The van der Waals surface area contributed by atoms with Crippen molar-refractivity contribution in [1.29, 1.82) is 0 Å². The lowest BCUT2D eigenvalue weighted by Crippen LogP contribution is -2.28. The van der Waals surface area contributed by atoms with Gasteiger partial charge in [0.05, 0.1) is 0 Å². The maximum atomic E-state index is 12.4. The van der Waals surface area contributed by atoms with Crippen molar-refractivity contribution >= 4 is 28.5 Å². The molecule has 1 atom stereocenters. The van der Waals surface area contributed by atoms with Gasteiger partial charge in [-0.1, -0.05) is 42.5 Å². The molecule has 0 saturated heterocycles. The Balaban J connectivity index is 1.81. The van der Waals surface area contributed by atoms with E-state index < -0.39 is 12.0 Å². The molecule has 0 fully saturated rings. The fourth-order valence-corrected chi connectivity index (χ4v) is 4.50. The monoisotopic (exact) mass is 353 g/mol. The summed E-state index contributed by atoms with van der Waals surface area (Å²) in [4.78, 5) is 23.7. The van der Waals surface area contributed by atoms with Crippen LogP contribution in [0.3, 0.4) is 0 Å². The van der Waals surface area contributed by atoms with Crippen molar-refractivity contribution in [1.82, 2.24) is 4.57 Å². The number of carboxylic acids is 1. The molecule has 0 bridgehead atoms. The topological polar surface area (TPSA) is 79.5 Å². The number of carboxylic acid groups (broad SMARTS) is 1. The van der Waals surface area contributed by atoms with E-state index in [-0.39, 0.29) is 17.1 Å². The van der Waals surface area contributed by atoms with Gasteiger partial charge in [-0.3, -0.25) is 9.36 Å². The van der Waals surface area contributed by atoms with Crippen LogP contribution >= 0.6 is 11.8 Å². The summed E-state index contributed by atoms with van der Waals surface area (Å²) in [7, 11) is 0. The highest BCUT2D eigenvalue weighted by molar-refractivity contribution is 7.99. The van der Waals surface area contributed by atoms with Crippen LogP contribution in [0.1, 0.15) is 17.2 Å². The van der Waals surface area contributed by atoms with Crippen LogP contribution < -0.4 is 5.56 Å². The minimum atomic E-state index is -1.06. The number of aromatic hydroxyl groups is 1. The number of nitrogens with zero attached hydrogens (tertiary/aromatic N) is 1. The maximum absolute atomic E-state index is 12.4. The van der Waals surface area contributed by atoms with Gasteiger partial charge in [0.15, 0.2) is 0 Å². The first-order chi connectivity index (χ1) is 12.1. The van der Waals surface area contributed by atoms with Gasteiger partial charge >= 0.3 is 5.97 Å². The lowest BCUT2D eigenvalue weighted by atomic mass is 9.98. The Morgan fingerprint density at radius 1 is 1.16 bits per heavy atom. The average Bonchev–Trinajstić information content (AvgIpc) is 3.06. The highest BCUT2D eigenvalue weighted by Crippen LogP contribution is 2.40. The Labute approximate surface area is 147 Å². The predicted molar refractivity (Wildman–Crippen MR) is 96.5 cm³/mol. The van der Waals surface area contributed by atoms with E-state index in [0.29, 0.717) is 17.0 Å². The number of aliphatic carboxylic acids is 1. The van der Waals surface area contributed by atoms with Gasteiger partial charge in [-0.15, -0.1) is 11.8 Å². The van der Waals surface area contributed by atoms with Crippen molar-refractivity contribution in [3.05, 3.63) is 70.0 Å². The SMILES string of the molecule is O=C(O)C1CSc2c(O)c(Cc3cccc4ccccc34)cc(=O)n21. The molecule has 0 aliphatic carbocycles. The van der Waals surface area contributed by atoms with E-state index in [9.17, 15) is 19.8 Å². The average molecular weight is 353 g/mol. The lowest BCUT2D eigenvalue weighted by Gasteiger charge is -2.13. The number of rotatable bonds is 3. The molecule has 1 aromatic heterocycles. The second kappa shape index (κ2) is 5.97. The first-order valence-corrected chi connectivity index (χ1v) is 8.84. The Bertz CT molecular complexity index is 1050. The molecule has 4 rings (SSSR count). The first kappa shape index (κ1) is 15.8. The first-order valence-electron chi connectivity index (χ1n) is 7.86. The summed E-state index contributed by atoms with van der Waals surface area (Å²) in [6.45, 7) is 0. The van der Waals surface area contributed by atoms with E-state index in [2.05, 4.69) is 0 Å². The third-order valence-corrected chi connectivity index (χ3v) is 5.64. The van der Waals surface area contributed by atoms with Gasteiger partial charge in [0.25, 0.3) is 5.56 Å². The molecule has 1 aliphatic rings. The van der Waals surface area contributed by atoms with E-state index in [1.807, 2.05) is 42.5 Å². The van der Waals surface area contributed by atoms with E-state index in [0.717, 1.165) is 16.3 Å². The molecule has 2 aromatic carbocycles. The molecule has 0 radical (unpaired) electrons. The van der Waals surface area contributed by atoms with Gasteiger partial charge in [-0.2, -0.15) is 0 Å². The quantitative estimate of drug-likeness (QED) is 0.757. The molecule has 1 aliphatic heterocycles. The summed E-state index contributed by atoms with van der Waals surface area (Å²) in [5, 5.41) is 22.3. The van der Waals surface area contributed by atoms with Gasteiger partial charge in [-0.25, -0.2) is 4.79 Å². The van der Waals surface area contributed by atoms with Crippen LogP contribution in [-0.4, -0.2) is 26.5 Å². The van der Waals surface area contributed by atoms with Crippen molar-refractivity contribution in [2.75, 3.05) is 5.75 Å². The summed E-state index contributed by atoms with van der Waals surface area (Å²) in [6, 6.07) is 14.3. The number of hydrogen-bond acceptors (Lipinski definition) is 4. The van der Waals surface area contributed by atoms with Crippen molar-refractivity contribution in [3.63, 3.8) is 0 Å². The molecule has 126 valence electrons. The summed E-state index contributed by atoms with van der Waals surface area (Å²) in [5.74, 6) is -0.814. The molecule has 6 heteroatoms. The Morgan fingerprint density at radius 2 is 1.92 bits per heavy atom. The van der Waals surface area contributed by atoms with Gasteiger partial charge in [0.1, 0.15) is 16.8 Å². The number of pyridine rings is 1. The van der Waals surface area contributed by atoms with E-state index in [1.54, 1.807) is 0 Å². The minimum Gasteiger partial charge on any atom is -0.505 e. The highest BCUT2D eigenvalue weighted by Gasteiger charge is 2.32. The fourth-order valence-electron chi connectivity index (χ4n) is 3.27. The van der Waals surface area contributed by atoms with Crippen LogP contribution in [0.2, 0.25) is 0 Å².